The van der Waals surface area contributed by atoms with Crippen LogP contribution in [0.1, 0.15) is 18.4 Å². The Kier molecular flexibility index (Phi) is 4.99. The van der Waals surface area contributed by atoms with Crippen molar-refractivity contribution in [1.82, 2.24) is 4.98 Å². The number of esters is 1. The Labute approximate surface area is 133 Å². The van der Waals surface area contributed by atoms with Crippen molar-refractivity contribution in [3.63, 3.8) is 0 Å². The number of nitriles is 1. The molecular weight excluding hydrogens is 304 g/mol. The fourth-order valence-electron chi connectivity index (χ4n) is 2.16. The summed E-state index contributed by atoms with van der Waals surface area (Å²) >= 11 is 5.68. The number of rotatable bonds is 4. The van der Waals surface area contributed by atoms with Crippen molar-refractivity contribution < 1.29 is 9.53 Å². The van der Waals surface area contributed by atoms with Crippen molar-refractivity contribution in [3.8, 4) is 6.07 Å². The van der Waals surface area contributed by atoms with Crippen molar-refractivity contribution in [2.24, 2.45) is 0 Å². The van der Waals surface area contributed by atoms with Crippen LogP contribution in [0.2, 0.25) is 0 Å². The van der Waals surface area contributed by atoms with Crippen LogP contribution in [0.3, 0.4) is 0 Å². The molecule has 0 saturated carbocycles. The molecule has 0 aromatic carbocycles. The van der Waals surface area contributed by atoms with Gasteiger partial charge in [0.1, 0.15) is 6.61 Å². The maximum Gasteiger partial charge on any atom is 0.336 e. The minimum absolute atomic E-state index is 0.138. The third-order valence-corrected chi connectivity index (χ3v) is 4.52. The third-order valence-electron chi connectivity index (χ3n) is 3.06. The molecule has 1 aromatic rings. The predicted octanol–water partition coefficient (Wildman–Crippen LogP) is 3.51. The standard InChI is InChI=1S/C15H14N2O2S2/c1-3-6-19-14(18)12-9(2)21-15(20)11(7-16)13(12)10-4-5-17-8-10/h3-5,8,13,17,20H,1,6H2,2H3/t13-/m0/s1. The second-order valence-corrected chi connectivity index (χ2v) is 6.34. The van der Waals surface area contributed by atoms with E-state index in [1.54, 1.807) is 12.4 Å². The third kappa shape index (κ3) is 3.09. The lowest BCUT2D eigenvalue weighted by atomic mass is 9.86. The van der Waals surface area contributed by atoms with Crippen molar-refractivity contribution in [2.75, 3.05) is 6.61 Å². The van der Waals surface area contributed by atoms with Gasteiger partial charge in [-0.05, 0) is 23.5 Å². The number of carbonyl (C=O) groups is 1. The fraction of sp³-hybridized carbons (Fsp3) is 0.200. The first-order valence-corrected chi connectivity index (χ1v) is 7.49. The van der Waals surface area contributed by atoms with E-state index in [4.69, 9.17) is 4.74 Å². The molecule has 0 radical (unpaired) electrons. The van der Waals surface area contributed by atoms with Gasteiger partial charge in [0, 0.05) is 12.4 Å². The lowest BCUT2D eigenvalue weighted by molar-refractivity contribution is -0.138. The van der Waals surface area contributed by atoms with E-state index in [0.29, 0.717) is 15.4 Å². The summed E-state index contributed by atoms with van der Waals surface area (Å²) in [4.78, 5) is 16.1. The van der Waals surface area contributed by atoms with E-state index in [2.05, 4.69) is 30.3 Å². The number of H-pyrrole nitrogens is 1. The molecular formula is C15H14N2O2S2. The predicted molar refractivity (Wildman–Crippen MR) is 86.6 cm³/mol. The molecule has 0 saturated heterocycles. The molecule has 1 atom stereocenters. The molecule has 108 valence electrons. The van der Waals surface area contributed by atoms with Gasteiger partial charge in [-0.3, -0.25) is 0 Å². The Morgan fingerprint density at radius 1 is 1.71 bits per heavy atom. The Morgan fingerprint density at radius 2 is 2.48 bits per heavy atom. The van der Waals surface area contributed by atoms with Crippen LogP contribution < -0.4 is 0 Å². The fourth-order valence-corrected chi connectivity index (χ4v) is 3.63. The highest BCUT2D eigenvalue weighted by molar-refractivity contribution is 8.18. The summed E-state index contributed by atoms with van der Waals surface area (Å²) in [5.41, 5.74) is 1.78. The molecule has 2 heterocycles. The Morgan fingerprint density at radius 3 is 3.05 bits per heavy atom. The average Bonchev–Trinajstić information content (AvgIpc) is 2.97. The van der Waals surface area contributed by atoms with E-state index in [1.165, 1.54) is 17.8 Å². The summed E-state index contributed by atoms with van der Waals surface area (Å²) in [5.74, 6) is -0.882. The summed E-state index contributed by atoms with van der Waals surface area (Å²) in [6.07, 6.45) is 5.04. The van der Waals surface area contributed by atoms with Gasteiger partial charge in [0.2, 0.25) is 0 Å². The van der Waals surface area contributed by atoms with Crippen molar-refractivity contribution in [2.45, 2.75) is 12.8 Å². The Balaban J connectivity index is 2.49. The summed E-state index contributed by atoms with van der Waals surface area (Å²) < 4.78 is 5.77. The molecule has 1 aromatic heterocycles. The van der Waals surface area contributed by atoms with E-state index >= 15 is 0 Å². The van der Waals surface area contributed by atoms with Gasteiger partial charge >= 0.3 is 5.97 Å². The Hall–Kier alpha value is -1.84. The zero-order chi connectivity index (χ0) is 15.4. The van der Waals surface area contributed by atoms with Crippen LogP contribution >= 0.6 is 24.4 Å². The molecule has 0 amide bonds. The van der Waals surface area contributed by atoms with E-state index < -0.39 is 11.9 Å². The van der Waals surface area contributed by atoms with Gasteiger partial charge in [-0.2, -0.15) is 5.26 Å². The van der Waals surface area contributed by atoms with Gasteiger partial charge < -0.3 is 9.72 Å². The van der Waals surface area contributed by atoms with Gasteiger partial charge in [0.05, 0.1) is 27.4 Å². The van der Waals surface area contributed by atoms with E-state index in [9.17, 15) is 10.1 Å². The first-order valence-electron chi connectivity index (χ1n) is 6.22. The molecule has 1 aliphatic rings. The van der Waals surface area contributed by atoms with Crippen molar-refractivity contribution >= 4 is 30.4 Å². The number of aromatic amines is 1. The molecule has 0 aliphatic carbocycles. The zero-order valence-electron chi connectivity index (χ0n) is 11.4. The number of ether oxygens (including phenoxy) is 1. The number of nitrogens with one attached hydrogen (secondary N) is 1. The maximum absolute atomic E-state index is 12.3. The van der Waals surface area contributed by atoms with E-state index in [-0.39, 0.29) is 6.61 Å². The average molecular weight is 318 g/mol. The largest absolute Gasteiger partial charge is 0.458 e. The molecule has 0 bridgehead atoms. The van der Waals surface area contributed by atoms with Gasteiger partial charge in [0.15, 0.2) is 0 Å². The number of aromatic nitrogens is 1. The number of hydrogen-bond acceptors (Lipinski definition) is 5. The van der Waals surface area contributed by atoms with Crippen LogP contribution in [0.5, 0.6) is 0 Å². The first kappa shape index (κ1) is 15.5. The van der Waals surface area contributed by atoms with Gasteiger partial charge in [-0.25, -0.2) is 4.79 Å². The first-order chi connectivity index (χ1) is 10.1. The topological polar surface area (TPSA) is 65.9 Å². The normalized spacial score (nSPS) is 18.4. The van der Waals surface area contributed by atoms with Crippen molar-refractivity contribution in [3.05, 3.63) is 57.0 Å². The molecule has 0 unspecified atom stereocenters. The minimum atomic E-state index is -0.452. The van der Waals surface area contributed by atoms with Gasteiger partial charge in [-0.15, -0.1) is 12.6 Å². The van der Waals surface area contributed by atoms with Crippen LogP contribution in [-0.2, 0) is 9.53 Å². The SMILES string of the molecule is C=CCOC(=O)C1=C(C)SC(S)=C(C#N)[C@@H]1c1cc[nH]c1. The number of nitrogens with zero attached hydrogens (tertiary/aromatic N) is 1. The highest BCUT2D eigenvalue weighted by atomic mass is 32.2. The second kappa shape index (κ2) is 6.74. The van der Waals surface area contributed by atoms with Crippen LogP contribution in [-0.4, -0.2) is 17.6 Å². The highest BCUT2D eigenvalue weighted by Gasteiger charge is 2.35. The smallest absolute Gasteiger partial charge is 0.336 e. The highest BCUT2D eigenvalue weighted by Crippen LogP contribution is 2.47. The zero-order valence-corrected chi connectivity index (χ0v) is 13.1. The minimum Gasteiger partial charge on any atom is -0.458 e. The lowest BCUT2D eigenvalue weighted by Crippen LogP contribution is -2.20. The quantitative estimate of drug-likeness (QED) is 0.506. The molecule has 2 rings (SSSR count). The summed E-state index contributed by atoms with van der Waals surface area (Å²) in [6, 6.07) is 4.00. The van der Waals surface area contributed by atoms with Gasteiger partial charge in [0.25, 0.3) is 0 Å². The number of thiol groups is 1. The lowest BCUT2D eigenvalue weighted by Gasteiger charge is -2.25. The van der Waals surface area contributed by atoms with Gasteiger partial charge in [-0.1, -0.05) is 24.4 Å². The van der Waals surface area contributed by atoms with Crippen LogP contribution in [0.15, 0.2) is 51.4 Å². The number of hydrogen-bond donors (Lipinski definition) is 2. The molecule has 1 N–H and O–H groups in total. The van der Waals surface area contributed by atoms with E-state index in [1.807, 2.05) is 13.0 Å². The molecule has 4 nitrogen and oxygen atoms in total. The second-order valence-electron chi connectivity index (χ2n) is 4.37. The van der Waals surface area contributed by atoms with Crippen LogP contribution in [0.25, 0.3) is 0 Å². The molecule has 21 heavy (non-hydrogen) atoms. The summed E-state index contributed by atoms with van der Waals surface area (Å²) in [6.45, 7) is 5.50. The van der Waals surface area contributed by atoms with E-state index in [0.717, 1.165) is 10.5 Å². The van der Waals surface area contributed by atoms with Crippen molar-refractivity contribution in [1.29, 1.82) is 5.26 Å². The maximum atomic E-state index is 12.3. The molecule has 1 aliphatic heterocycles. The monoisotopic (exact) mass is 318 g/mol. The summed E-state index contributed by atoms with van der Waals surface area (Å²) in [5, 5.41) is 9.42. The molecule has 0 fully saturated rings. The Bertz CT molecular complexity index is 666. The summed E-state index contributed by atoms with van der Waals surface area (Å²) in [7, 11) is 0. The molecule has 6 heteroatoms. The van der Waals surface area contributed by atoms with Crippen LogP contribution in [0.4, 0.5) is 0 Å². The molecule has 0 spiro atoms. The van der Waals surface area contributed by atoms with Crippen LogP contribution in [0, 0.1) is 11.3 Å². The number of allylic oxidation sites excluding steroid dienone is 2. The number of carbonyl (C=O) groups excluding carboxylic acids is 1. The number of thioether (sulfide) groups is 1.